The van der Waals surface area contributed by atoms with Crippen molar-refractivity contribution in [1.82, 2.24) is 0 Å². The van der Waals surface area contributed by atoms with Crippen molar-refractivity contribution in [3.8, 4) is 0 Å². The minimum atomic E-state index is -3.44. The molecule has 0 heterocycles. The number of rotatable bonds is 46. The Morgan fingerprint density at radius 1 is 0.306 bits per heavy atom. The van der Waals surface area contributed by atoms with Gasteiger partial charge in [0.15, 0.2) is 0 Å². The van der Waals surface area contributed by atoms with Gasteiger partial charge in [0.05, 0.1) is 0 Å². The average Bonchev–Trinajstić information content (AvgIpc) is 3.28. The zero-order chi connectivity index (χ0) is 45.3. The van der Waals surface area contributed by atoms with E-state index in [0.29, 0.717) is 11.1 Å². The quantitative estimate of drug-likeness (QED) is 0.0482. The Kier molecular flexibility index (Phi) is 40.6. The van der Waals surface area contributed by atoms with Crippen LogP contribution in [-0.4, -0.2) is 49.5 Å². The summed E-state index contributed by atoms with van der Waals surface area (Å²) in [6.45, 7) is 13.7. The average molecular weight is 1080 g/mol. The SMILES string of the molecule is CCCCCCC[CH2][Sn]([CH2]CCCCCCC)([CH2]CCCCCCC)[O]C(=O)c1ccccc1C(=O)[O][Sn]([CH2]CCCCCCC)([CH2]CCCCCCC)[CH2]CCCCCCC. The Balaban J connectivity index is 3.49. The van der Waals surface area contributed by atoms with Crippen LogP contribution in [0.2, 0.25) is 26.6 Å². The van der Waals surface area contributed by atoms with Crippen LogP contribution in [0, 0.1) is 0 Å². The number of carbonyl (C=O) groups is 2. The fraction of sp³-hybridized carbons (Fsp3) is 0.857. The van der Waals surface area contributed by atoms with Gasteiger partial charge in [-0.3, -0.25) is 0 Å². The molecule has 362 valence electrons. The molecule has 1 rings (SSSR count). The van der Waals surface area contributed by atoms with Crippen molar-refractivity contribution in [2.24, 2.45) is 0 Å². The van der Waals surface area contributed by atoms with Gasteiger partial charge in [0, 0.05) is 0 Å². The van der Waals surface area contributed by atoms with Crippen LogP contribution < -0.4 is 0 Å². The van der Waals surface area contributed by atoms with Crippen LogP contribution in [0.15, 0.2) is 24.3 Å². The summed E-state index contributed by atoms with van der Waals surface area (Å²) < 4.78 is 21.1. The molecule has 0 spiro atoms. The van der Waals surface area contributed by atoms with Crippen molar-refractivity contribution >= 4 is 49.5 Å². The molecule has 0 aliphatic carbocycles. The molecule has 0 N–H and O–H groups in total. The molecule has 1 aromatic carbocycles. The molecule has 62 heavy (non-hydrogen) atoms. The maximum atomic E-state index is 14.8. The molecular weight excluding hydrogens is 974 g/mol. The summed E-state index contributed by atoms with van der Waals surface area (Å²) in [6, 6.07) is 7.67. The minimum absolute atomic E-state index is 0.208. The molecule has 0 bridgehead atoms. The monoisotopic (exact) mass is 1080 g/mol. The molecule has 0 atom stereocenters. The third-order valence-electron chi connectivity index (χ3n) is 13.9. The molecule has 0 unspecified atom stereocenters. The van der Waals surface area contributed by atoms with E-state index in [1.807, 2.05) is 24.3 Å². The van der Waals surface area contributed by atoms with Crippen LogP contribution >= 0.6 is 0 Å². The summed E-state index contributed by atoms with van der Waals surface area (Å²) in [5.74, 6) is -0.417. The third kappa shape index (κ3) is 30.1. The number of benzene rings is 1. The summed E-state index contributed by atoms with van der Waals surface area (Å²) in [4.78, 5) is 29.6. The van der Waals surface area contributed by atoms with Gasteiger partial charge in [0.1, 0.15) is 0 Å². The molecule has 1 aromatic rings. The Bertz CT molecular complexity index is 1000. The predicted octanol–water partition coefficient (Wildman–Crippen LogP) is 20.1. The van der Waals surface area contributed by atoms with Gasteiger partial charge >= 0.3 is 400 Å². The second-order valence-electron chi connectivity index (χ2n) is 19.8. The van der Waals surface area contributed by atoms with E-state index in [9.17, 15) is 9.59 Å². The van der Waals surface area contributed by atoms with E-state index in [4.69, 9.17) is 6.15 Å². The van der Waals surface area contributed by atoms with Crippen molar-refractivity contribution in [2.45, 2.75) is 299 Å². The first kappa shape index (κ1) is 59.8. The molecule has 4 nitrogen and oxygen atoms in total. The number of unbranched alkanes of at least 4 members (excludes halogenated alkanes) is 30. The van der Waals surface area contributed by atoms with Gasteiger partial charge in [-0.1, -0.05) is 0 Å². The van der Waals surface area contributed by atoms with Gasteiger partial charge in [0.2, 0.25) is 0 Å². The summed E-state index contributed by atoms with van der Waals surface area (Å²) in [6.07, 6.45) is 45.7. The van der Waals surface area contributed by atoms with Gasteiger partial charge in [-0.25, -0.2) is 0 Å². The second-order valence-corrected chi connectivity index (χ2v) is 43.0. The van der Waals surface area contributed by atoms with Crippen molar-refractivity contribution in [2.75, 3.05) is 0 Å². The molecule has 0 saturated heterocycles. The first-order valence-electron chi connectivity index (χ1n) is 27.9. The Labute approximate surface area is 397 Å². The van der Waals surface area contributed by atoms with E-state index in [-0.39, 0.29) is 11.9 Å². The molecule has 0 aliphatic heterocycles. The fourth-order valence-corrected chi connectivity index (χ4v) is 34.0. The molecule has 0 radical (unpaired) electrons. The Morgan fingerprint density at radius 3 is 0.677 bits per heavy atom. The van der Waals surface area contributed by atoms with Gasteiger partial charge in [0.25, 0.3) is 0 Å². The van der Waals surface area contributed by atoms with Gasteiger partial charge in [-0.15, -0.1) is 0 Å². The predicted molar refractivity (Wildman–Crippen MR) is 278 cm³/mol. The zero-order valence-corrected chi connectivity index (χ0v) is 48.3. The van der Waals surface area contributed by atoms with Crippen LogP contribution in [0.1, 0.15) is 293 Å². The van der Waals surface area contributed by atoms with Crippen LogP contribution in [0.5, 0.6) is 0 Å². The third-order valence-corrected chi connectivity index (χ3v) is 39.1. The van der Waals surface area contributed by atoms with Gasteiger partial charge in [-0.05, 0) is 0 Å². The summed E-state index contributed by atoms with van der Waals surface area (Å²) >= 11 is -6.87. The molecule has 0 aromatic heterocycles. The molecule has 6 heteroatoms. The normalized spacial score (nSPS) is 12.0. The van der Waals surface area contributed by atoms with Crippen LogP contribution in [0.3, 0.4) is 0 Å². The van der Waals surface area contributed by atoms with E-state index < -0.39 is 37.6 Å². The summed E-state index contributed by atoms with van der Waals surface area (Å²) in [5.41, 5.74) is 0.956. The molecule has 0 amide bonds. The molecule has 0 saturated carbocycles. The van der Waals surface area contributed by atoms with E-state index in [2.05, 4.69) is 41.5 Å². The maximum absolute atomic E-state index is 14.8. The second kappa shape index (κ2) is 42.1. The van der Waals surface area contributed by atoms with Crippen LogP contribution in [0.4, 0.5) is 0 Å². The van der Waals surface area contributed by atoms with E-state index in [1.165, 1.54) is 231 Å². The summed E-state index contributed by atoms with van der Waals surface area (Å²) in [5, 5.41) is 0. The van der Waals surface area contributed by atoms with E-state index in [1.54, 1.807) is 0 Å². The number of carbonyl (C=O) groups excluding carboxylic acids is 2. The number of hydrogen-bond donors (Lipinski definition) is 0. The first-order chi connectivity index (χ1) is 30.4. The molecular formula is C56H106O4Sn2. The van der Waals surface area contributed by atoms with Crippen LogP contribution in [-0.2, 0) is 6.15 Å². The van der Waals surface area contributed by atoms with Crippen molar-refractivity contribution in [1.29, 1.82) is 0 Å². The first-order valence-corrected chi connectivity index (χ1v) is 42.4. The topological polar surface area (TPSA) is 52.6 Å². The van der Waals surface area contributed by atoms with Crippen molar-refractivity contribution in [3.05, 3.63) is 35.4 Å². The molecule has 0 fully saturated rings. The standard InChI is InChI=1S/C8H6O4.6C8H17.2Sn/c9-7(10)5-3-1-2-4-6(5)8(11)12;6*1-3-5-7-8-6-4-2;;/h1-4H,(H,9,10)(H,11,12);6*1,3-8H2,2H3;;/q;;;;;;;2*+1/p-2. The van der Waals surface area contributed by atoms with Crippen molar-refractivity contribution in [3.63, 3.8) is 0 Å². The number of hydrogen-bond acceptors (Lipinski definition) is 4. The summed E-state index contributed by atoms with van der Waals surface area (Å²) in [7, 11) is 0. The van der Waals surface area contributed by atoms with E-state index >= 15 is 0 Å². The zero-order valence-electron chi connectivity index (χ0n) is 42.6. The fourth-order valence-electron chi connectivity index (χ4n) is 9.76. The Morgan fingerprint density at radius 2 is 0.484 bits per heavy atom. The van der Waals surface area contributed by atoms with Crippen LogP contribution in [0.25, 0.3) is 0 Å². The van der Waals surface area contributed by atoms with Gasteiger partial charge in [-0.2, -0.15) is 0 Å². The van der Waals surface area contributed by atoms with Gasteiger partial charge < -0.3 is 0 Å². The Hall–Kier alpha value is -0.243. The van der Waals surface area contributed by atoms with Crippen molar-refractivity contribution < 1.29 is 15.7 Å². The van der Waals surface area contributed by atoms with E-state index in [0.717, 1.165) is 26.6 Å². The molecule has 0 aliphatic rings.